The molecule has 1 amide bonds. The summed E-state index contributed by atoms with van der Waals surface area (Å²) in [5, 5.41) is 15.5. The molecule has 1 unspecified atom stereocenters. The zero-order valence-electron chi connectivity index (χ0n) is 16.2. The molecular formula is C22H24FN3O3. The quantitative estimate of drug-likeness (QED) is 0.597. The summed E-state index contributed by atoms with van der Waals surface area (Å²) < 4.78 is 14.0. The van der Waals surface area contributed by atoms with E-state index in [0.717, 1.165) is 23.1 Å². The highest BCUT2D eigenvalue weighted by Gasteiger charge is 2.33. The lowest BCUT2D eigenvalue weighted by Gasteiger charge is -2.28. The van der Waals surface area contributed by atoms with Gasteiger partial charge in [-0.3, -0.25) is 4.79 Å². The van der Waals surface area contributed by atoms with Crippen LogP contribution in [0.2, 0.25) is 0 Å². The number of carbonyl (C=O) groups excluding carboxylic acids is 2. The molecule has 1 heterocycles. The van der Waals surface area contributed by atoms with E-state index >= 15 is 0 Å². The molecule has 0 saturated carbocycles. The van der Waals surface area contributed by atoms with Gasteiger partial charge in [-0.2, -0.15) is 0 Å². The molecule has 7 heteroatoms. The number of hydrogen-bond acceptors (Lipinski definition) is 5. The van der Waals surface area contributed by atoms with Crippen LogP contribution in [0.5, 0.6) is 5.75 Å². The number of nitrogens with one attached hydrogen (secondary N) is 2. The van der Waals surface area contributed by atoms with Crippen LogP contribution in [0, 0.1) is 5.82 Å². The van der Waals surface area contributed by atoms with E-state index in [9.17, 15) is 19.1 Å². The van der Waals surface area contributed by atoms with Crippen molar-refractivity contribution in [1.82, 2.24) is 10.2 Å². The Bertz CT molecular complexity index is 945. The van der Waals surface area contributed by atoms with Gasteiger partial charge in [0.05, 0.1) is 0 Å². The van der Waals surface area contributed by atoms with Crippen molar-refractivity contribution < 1.29 is 19.1 Å². The number of amides is 1. The van der Waals surface area contributed by atoms with Crippen LogP contribution in [0.4, 0.5) is 10.1 Å². The first-order valence-corrected chi connectivity index (χ1v) is 9.40. The van der Waals surface area contributed by atoms with Crippen molar-refractivity contribution in [3.63, 3.8) is 0 Å². The number of likely N-dealkylation sites (N-methyl/N-ethyl adjacent to an activating group) is 1. The van der Waals surface area contributed by atoms with E-state index in [0.29, 0.717) is 24.2 Å². The number of benzene rings is 2. The summed E-state index contributed by atoms with van der Waals surface area (Å²) in [7, 11) is 1.57. The van der Waals surface area contributed by atoms with E-state index in [1.165, 1.54) is 18.2 Å². The lowest BCUT2D eigenvalue weighted by Crippen LogP contribution is -2.43. The second-order valence-corrected chi connectivity index (χ2v) is 6.91. The molecule has 0 aromatic heterocycles. The van der Waals surface area contributed by atoms with Crippen LogP contribution in [-0.4, -0.2) is 35.3 Å². The van der Waals surface area contributed by atoms with E-state index in [2.05, 4.69) is 17.2 Å². The van der Waals surface area contributed by atoms with E-state index in [1.807, 2.05) is 23.1 Å². The Labute approximate surface area is 169 Å². The van der Waals surface area contributed by atoms with Crippen LogP contribution in [0.3, 0.4) is 0 Å². The number of phenolic OH excluding ortho intramolecular Hbond substituents is 1. The third kappa shape index (κ3) is 4.23. The number of fused-ring (bicyclic) bond motifs is 1. The molecule has 1 atom stereocenters. The maximum absolute atomic E-state index is 14.0. The monoisotopic (exact) mass is 397 g/mol. The molecule has 3 rings (SSSR count). The summed E-state index contributed by atoms with van der Waals surface area (Å²) in [4.78, 5) is 25.1. The average molecular weight is 397 g/mol. The second-order valence-electron chi connectivity index (χ2n) is 6.91. The number of aldehydes is 1. The Morgan fingerprint density at radius 1 is 1.38 bits per heavy atom. The van der Waals surface area contributed by atoms with Gasteiger partial charge in [0.2, 0.25) is 5.91 Å². The molecule has 0 fully saturated rings. The number of hydrogen-bond donors (Lipinski definition) is 3. The third-order valence-electron chi connectivity index (χ3n) is 5.14. The van der Waals surface area contributed by atoms with Crippen LogP contribution in [0.25, 0.3) is 5.70 Å². The molecule has 0 spiro atoms. The van der Waals surface area contributed by atoms with Crippen molar-refractivity contribution in [3.8, 4) is 5.75 Å². The first-order chi connectivity index (χ1) is 14.0. The van der Waals surface area contributed by atoms with E-state index < -0.39 is 11.9 Å². The number of aromatic hydroxyl groups is 1. The standard InChI is InChI=1S/C22H24FN3O3/c1-14-17-5-3-6-20(25-12-15-11-16(28)8-9-19(15)23)18(17)13-26(14)21(7-4-10-27)22(29)24-2/h3,5-6,8-11,21,25,28H,1,4,7,12-13H2,2H3,(H,24,29). The van der Waals surface area contributed by atoms with Crippen molar-refractivity contribution in [2.24, 2.45) is 0 Å². The van der Waals surface area contributed by atoms with Crippen molar-refractivity contribution in [1.29, 1.82) is 0 Å². The number of anilines is 1. The molecule has 3 N–H and O–H groups in total. The van der Waals surface area contributed by atoms with E-state index in [4.69, 9.17) is 0 Å². The van der Waals surface area contributed by atoms with Gasteiger partial charge in [-0.15, -0.1) is 0 Å². The smallest absolute Gasteiger partial charge is 0.242 e. The molecule has 0 radical (unpaired) electrons. The van der Waals surface area contributed by atoms with Gasteiger partial charge in [-0.1, -0.05) is 18.7 Å². The van der Waals surface area contributed by atoms with Crippen LogP contribution < -0.4 is 10.6 Å². The van der Waals surface area contributed by atoms with Gasteiger partial charge < -0.3 is 25.4 Å². The minimum absolute atomic E-state index is 0.00430. The van der Waals surface area contributed by atoms with Crippen molar-refractivity contribution in [2.75, 3.05) is 12.4 Å². The molecular weight excluding hydrogens is 373 g/mol. The minimum Gasteiger partial charge on any atom is -0.508 e. The molecule has 6 nitrogen and oxygen atoms in total. The van der Waals surface area contributed by atoms with Crippen LogP contribution in [0.1, 0.15) is 29.5 Å². The van der Waals surface area contributed by atoms with Gasteiger partial charge in [-0.05, 0) is 30.7 Å². The number of rotatable bonds is 8. The number of nitrogens with zero attached hydrogens (tertiary/aromatic N) is 1. The van der Waals surface area contributed by atoms with Gasteiger partial charge >= 0.3 is 0 Å². The van der Waals surface area contributed by atoms with Crippen LogP contribution >= 0.6 is 0 Å². The third-order valence-corrected chi connectivity index (χ3v) is 5.14. The first kappa shape index (κ1) is 20.4. The van der Waals surface area contributed by atoms with Gasteiger partial charge in [-0.25, -0.2) is 4.39 Å². The fourth-order valence-electron chi connectivity index (χ4n) is 3.62. The Morgan fingerprint density at radius 2 is 2.17 bits per heavy atom. The number of halogens is 1. The molecule has 29 heavy (non-hydrogen) atoms. The predicted molar refractivity (Wildman–Crippen MR) is 110 cm³/mol. The maximum Gasteiger partial charge on any atom is 0.242 e. The molecule has 1 aliphatic heterocycles. The SMILES string of the molecule is C=C1c2cccc(NCc3cc(O)ccc3F)c2CN1C(CCC=O)C(=O)NC. The maximum atomic E-state index is 14.0. The molecule has 152 valence electrons. The molecule has 0 bridgehead atoms. The van der Waals surface area contributed by atoms with Crippen molar-refractivity contribution in [3.05, 3.63) is 65.5 Å². The van der Waals surface area contributed by atoms with Gasteiger partial charge in [0.15, 0.2) is 0 Å². The predicted octanol–water partition coefficient (Wildman–Crippen LogP) is 3.02. The normalized spacial score (nSPS) is 13.7. The van der Waals surface area contributed by atoms with E-state index in [-0.39, 0.29) is 24.6 Å². The first-order valence-electron chi connectivity index (χ1n) is 9.40. The highest BCUT2D eigenvalue weighted by atomic mass is 19.1. The van der Waals surface area contributed by atoms with Gasteiger partial charge in [0.25, 0.3) is 0 Å². The molecule has 2 aromatic carbocycles. The topological polar surface area (TPSA) is 81.7 Å². The molecule has 0 aliphatic carbocycles. The zero-order valence-corrected chi connectivity index (χ0v) is 16.2. The summed E-state index contributed by atoms with van der Waals surface area (Å²) in [5.41, 5.74) is 3.74. The molecule has 0 saturated heterocycles. The highest BCUT2D eigenvalue weighted by molar-refractivity contribution is 5.85. The fourth-order valence-corrected chi connectivity index (χ4v) is 3.62. The Kier molecular flexibility index (Phi) is 6.16. The van der Waals surface area contributed by atoms with Gasteiger partial charge in [0, 0.05) is 54.6 Å². The Morgan fingerprint density at radius 3 is 2.90 bits per heavy atom. The summed E-state index contributed by atoms with van der Waals surface area (Å²) in [6.45, 7) is 4.80. The van der Waals surface area contributed by atoms with E-state index in [1.54, 1.807) is 7.05 Å². The largest absolute Gasteiger partial charge is 0.508 e. The summed E-state index contributed by atoms with van der Waals surface area (Å²) in [5.74, 6) is -0.566. The minimum atomic E-state index is -0.499. The van der Waals surface area contributed by atoms with Gasteiger partial charge in [0.1, 0.15) is 23.9 Å². The van der Waals surface area contributed by atoms with Crippen molar-refractivity contribution >= 4 is 23.6 Å². The molecule has 2 aromatic rings. The number of phenols is 1. The number of carbonyl (C=O) groups is 2. The second kappa shape index (κ2) is 8.77. The van der Waals surface area contributed by atoms with Crippen molar-refractivity contribution in [2.45, 2.75) is 32.0 Å². The fraction of sp³-hybridized carbons (Fsp3) is 0.273. The summed E-state index contributed by atoms with van der Waals surface area (Å²) in [6, 6.07) is 9.11. The summed E-state index contributed by atoms with van der Waals surface area (Å²) >= 11 is 0. The lowest BCUT2D eigenvalue weighted by molar-refractivity contribution is -0.125. The van der Waals surface area contributed by atoms with Crippen LogP contribution in [0.15, 0.2) is 43.0 Å². The Hall–Kier alpha value is -3.35. The lowest BCUT2D eigenvalue weighted by atomic mass is 10.1. The highest BCUT2D eigenvalue weighted by Crippen LogP contribution is 2.38. The zero-order chi connectivity index (χ0) is 21.0. The Balaban J connectivity index is 1.83. The summed E-state index contributed by atoms with van der Waals surface area (Å²) in [6.07, 6.45) is 1.48. The van der Waals surface area contributed by atoms with Crippen LogP contribution in [-0.2, 0) is 22.7 Å². The average Bonchev–Trinajstić information content (AvgIpc) is 3.06. The molecule has 1 aliphatic rings.